The molecule has 0 saturated heterocycles. The predicted molar refractivity (Wildman–Crippen MR) is 94.5 cm³/mol. The highest BCUT2D eigenvalue weighted by molar-refractivity contribution is 5.80. The maximum absolute atomic E-state index is 5.16. The lowest BCUT2D eigenvalue weighted by Gasteiger charge is -2.33. The first-order valence-electron chi connectivity index (χ1n) is 8.13. The van der Waals surface area contributed by atoms with Crippen molar-refractivity contribution < 1.29 is 4.74 Å². The van der Waals surface area contributed by atoms with E-state index in [1.807, 2.05) is 0 Å². The molecule has 1 unspecified atom stereocenters. The van der Waals surface area contributed by atoms with Crippen LogP contribution in [0, 0.1) is 0 Å². The molecule has 1 rings (SSSR count). The standard InChI is InChI=1S/C18H31N3O/c1-6-18(7-2,16-11-9-8-10-12-16)14-20-17(19-4)21-15(3)13-22-5/h8-12,15H,6-7,13-14H2,1-5H3,(H2,19,20,21). The lowest BCUT2D eigenvalue weighted by Crippen LogP contribution is -2.48. The summed E-state index contributed by atoms with van der Waals surface area (Å²) in [5, 5.41) is 6.84. The molecule has 22 heavy (non-hydrogen) atoms. The Morgan fingerprint density at radius 3 is 2.36 bits per heavy atom. The van der Waals surface area contributed by atoms with Crippen LogP contribution in [0.25, 0.3) is 0 Å². The molecule has 0 aliphatic carbocycles. The van der Waals surface area contributed by atoms with Gasteiger partial charge in [-0.3, -0.25) is 4.99 Å². The first-order valence-corrected chi connectivity index (χ1v) is 8.13. The minimum absolute atomic E-state index is 0.128. The van der Waals surface area contributed by atoms with Gasteiger partial charge in [0.15, 0.2) is 5.96 Å². The summed E-state index contributed by atoms with van der Waals surface area (Å²) in [5.41, 5.74) is 1.51. The quantitative estimate of drug-likeness (QED) is 0.573. The van der Waals surface area contributed by atoms with Gasteiger partial charge in [-0.2, -0.15) is 0 Å². The van der Waals surface area contributed by atoms with Crippen LogP contribution in [0.4, 0.5) is 0 Å². The fourth-order valence-corrected chi connectivity index (χ4v) is 2.77. The minimum Gasteiger partial charge on any atom is -0.383 e. The summed E-state index contributed by atoms with van der Waals surface area (Å²) in [5.74, 6) is 0.826. The Balaban J connectivity index is 2.75. The van der Waals surface area contributed by atoms with E-state index in [2.05, 4.69) is 66.7 Å². The fourth-order valence-electron chi connectivity index (χ4n) is 2.77. The summed E-state index contributed by atoms with van der Waals surface area (Å²) >= 11 is 0. The lowest BCUT2D eigenvalue weighted by molar-refractivity contribution is 0.179. The van der Waals surface area contributed by atoms with E-state index in [1.165, 1.54) is 5.56 Å². The summed E-state index contributed by atoms with van der Waals surface area (Å²) in [4.78, 5) is 4.31. The van der Waals surface area contributed by atoms with Crippen molar-refractivity contribution in [2.24, 2.45) is 4.99 Å². The highest BCUT2D eigenvalue weighted by atomic mass is 16.5. The van der Waals surface area contributed by atoms with Gasteiger partial charge in [-0.25, -0.2) is 0 Å². The topological polar surface area (TPSA) is 45.7 Å². The van der Waals surface area contributed by atoms with E-state index in [-0.39, 0.29) is 11.5 Å². The molecule has 0 fully saturated rings. The maximum Gasteiger partial charge on any atom is 0.191 e. The molecule has 0 amide bonds. The van der Waals surface area contributed by atoms with E-state index in [9.17, 15) is 0 Å². The van der Waals surface area contributed by atoms with E-state index in [0.717, 1.165) is 25.3 Å². The second-order valence-electron chi connectivity index (χ2n) is 5.78. The SMILES string of the molecule is CCC(CC)(CNC(=NC)NC(C)COC)c1ccccc1. The Hall–Kier alpha value is -1.55. The van der Waals surface area contributed by atoms with Crippen molar-refractivity contribution in [1.82, 2.24) is 10.6 Å². The van der Waals surface area contributed by atoms with Gasteiger partial charge in [0.1, 0.15) is 0 Å². The number of guanidine groups is 1. The number of hydrogen-bond acceptors (Lipinski definition) is 2. The molecule has 0 radical (unpaired) electrons. The highest BCUT2D eigenvalue weighted by Crippen LogP contribution is 2.30. The van der Waals surface area contributed by atoms with Crippen LogP contribution in [0.5, 0.6) is 0 Å². The second-order valence-corrected chi connectivity index (χ2v) is 5.78. The Morgan fingerprint density at radius 1 is 1.23 bits per heavy atom. The van der Waals surface area contributed by atoms with E-state index in [0.29, 0.717) is 6.61 Å². The first-order chi connectivity index (χ1) is 10.6. The van der Waals surface area contributed by atoms with Crippen molar-refractivity contribution in [2.75, 3.05) is 27.3 Å². The van der Waals surface area contributed by atoms with Crippen LogP contribution in [-0.4, -0.2) is 39.3 Å². The third-order valence-corrected chi connectivity index (χ3v) is 4.36. The zero-order valence-electron chi connectivity index (χ0n) is 14.6. The Labute approximate surface area is 135 Å². The van der Waals surface area contributed by atoms with Crippen molar-refractivity contribution in [3.63, 3.8) is 0 Å². The van der Waals surface area contributed by atoms with Crippen molar-refractivity contribution in [1.29, 1.82) is 0 Å². The molecule has 1 atom stereocenters. The van der Waals surface area contributed by atoms with E-state index >= 15 is 0 Å². The molecule has 0 heterocycles. The summed E-state index contributed by atoms with van der Waals surface area (Å²) in [6.45, 7) is 8.11. The van der Waals surface area contributed by atoms with Crippen LogP contribution < -0.4 is 10.6 Å². The molecule has 0 aromatic heterocycles. The van der Waals surface area contributed by atoms with Gasteiger partial charge in [0.2, 0.25) is 0 Å². The maximum atomic E-state index is 5.16. The summed E-state index contributed by atoms with van der Waals surface area (Å²) in [7, 11) is 3.51. The number of aliphatic imine (C=N–C) groups is 1. The molecular weight excluding hydrogens is 274 g/mol. The van der Waals surface area contributed by atoms with Gasteiger partial charge in [0.25, 0.3) is 0 Å². The monoisotopic (exact) mass is 305 g/mol. The zero-order chi connectivity index (χ0) is 16.4. The molecule has 0 spiro atoms. The fraction of sp³-hybridized carbons (Fsp3) is 0.611. The van der Waals surface area contributed by atoms with Crippen LogP contribution in [-0.2, 0) is 10.2 Å². The zero-order valence-corrected chi connectivity index (χ0v) is 14.6. The summed E-state index contributed by atoms with van der Waals surface area (Å²) in [6, 6.07) is 11.0. The molecule has 0 aliphatic rings. The van der Waals surface area contributed by atoms with Crippen molar-refractivity contribution in [2.45, 2.75) is 45.1 Å². The van der Waals surface area contributed by atoms with Gasteiger partial charge in [-0.1, -0.05) is 44.2 Å². The third kappa shape index (κ3) is 5.02. The van der Waals surface area contributed by atoms with Crippen LogP contribution >= 0.6 is 0 Å². The Kier molecular flexibility index (Phi) is 7.96. The summed E-state index contributed by atoms with van der Waals surface area (Å²) in [6.07, 6.45) is 2.18. The lowest BCUT2D eigenvalue weighted by atomic mass is 9.76. The normalized spacial score (nSPS) is 13.8. The van der Waals surface area contributed by atoms with Crippen molar-refractivity contribution in [3.8, 4) is 0 Å². The number of nitrogens with zero attached hydrogens (tertiary/aromatic N) is 1. The van der Waals surface area contributed by atoms with Crippen LogP contribution in [0.3, 0.4) is 0 Å². The van der Waals surface area contributed by atoms with Crippen molar-refractivity contribution in [3.05, 3.63) is 35.9 Å². The third-order valence-electron chi connectivity index (χ3n) is 4.36. The smallest absolute Gasteiger partial charge is 0.191 e. The first kappa shape index (κ1) is 18.5. The number of nitrogens with one attached hydrogen (secondary N) is 2. The van der Waals surface area contributed by atoms with Gasteiger partial charge in [0.05, 0.1) is 6.61 Å². The van der Waals surface area contributed by atoms with Gasteiger partial charge < -0.3 is 15.4 Å². The van der Waals surface area contributed by atoms with E-state index < -0.39 is 0 Å². The molecule has 4 nitrogen and oxygen atoms in total. The number of methoxy groups -OCH3 is 1. The van der Waals surface area contributed by atoms with Crippen LogP contribution in [0.15, 0.2) is 35.3 Å². The molecule has 124 valence electrons. The highest BCUT2D eigenvalue weighted by Gasteiger charge is 2.28. The average Bonchev–Trinajstić information content (AvgIpc) is 2.56. The molecule has 0 saturated carbocycles. The van der Waals surface area contributed by atoms with Crippen LogP contribution in [0.1, 0.15) is 39.2 Å². The van der Waals surface area contributed by atoms with Gasteiger partial charge in [-0.15, -0.1) is 0 Å². The van der Waals surface area contributed by atoms with E-state index in [1.54, 1.807) is 14.2 Å². The molecular formula is C18H31N3O. The number of benzene rings is 1. The van der Waals surface area contributed by atoms with Gasteiger partial charge in [0, 0.05) is 32.2 Å². The Morgan fingerprint density at radius 2 is 1.86 bits per heavy atom. The molecule has 1 aromatic carbocycles. The Bertz CT molecular complexity index is 441. The largest absolute Gasteiger partial charge is 0.383 e. The van der Waals surface area contributed by atoms with Gasteiger partial charge >= 0.3 is 0 Å². The molecule has 0 bridgehead atoms. The average molecular weight is 305 g/mol. The number of rotatable bonds is 8. The molecule has 2 N–H and O–H groups in total. The minimum atomic E-state index is 0.128. The van der Waals surface area contributed by atoms with Gasteiger partial charge in [-0.05, 0) is 25.3 Å². The molecule has 0 aliphatic heterocycles. The number of ether oxygens (including phenoxy) is 1. The van der Waals surface area contributed by atoms with Crippen molar-refractivity contribution >= 4 is 5.96 Å². The van der Waals surface area contributed by atoms with Crippen LogP contribution in [0.2, 0.25) is 0 Å². The molecule has 4 heteroatoms. The number of hydrogen-bond donors (Lipinski definition) is 2. The van der Waals surface area contributed by atoms with E-state index in [4.69, 9.17) is 4.74 Å². The summed E-state index contributed by atoms with van der Waals surface area (Å²) < 4.78 is 5.16. The predicted octanol–water partition coefficient (Wildman–Crippen LogP) is 2.94. The molecule has 1 aromatic rings. The second kappa shape index (κ2) is 9.46.